The summed E-state index contributed by atoms with van der Waals surface area (Å²) in [5, 5.41) is 22.5. The molecule has 1 amide bonds. The summed E-state index contributed by atoms with van der Waals surface area (Å²) >= 11 is 0. The van der Waals surface area contributed by atoms with Crippen LogP contribution in [0.25, 0.3) is 0 Å². The van der Waals surface area contributed by atoms with E-state index in [1.165, 1.54) is 18.3 Å². The Hall–Kier alpha value is -3.02. The molecule has 0 saturated carbocycles. The standard InChI is InChI=1S/C16H16N2O4/c1-2-22-15-6-4-3-5-11(15)10-17-18-16(21)12-7-13(19)9-14(20)8-12/h3-10,19-20H,2H2,1H3,(H,18,21). The minimum atomic E-state index is -0.545. The number of nitrogens with zero attached hydrogens (tertiary/aromatic N) is 1. The summed E-state index contributed by atoms with van der Waals surface area (Å²) < 4.78 is 5.44. The first-order valence-corrected chi connectivity index (χ1v) is 6.68. The average Bonchev–Trinajstić information content (AvgIpc) is 2.48. The molecule has 0 heterocycles. The molecule has 0 unspecified atom stereocenters. The van der Waals surface area contributed by atoms with Crippen LogP contribution in [0.3, 0.4) is 0 Å². The molecule has 114 valence electrons. The Morgan fingerprint density at radius 1 is 1.23 bits per heavy atom. The van der Waals surface area contributed by atoms with Crippen molar-refractivity contribution < 1.29 is 19.7 Å². The number of hydrogen-bond acceptors (Lipinski definition) is 5. The summed E-state index contributed by atoms with van der Waals surface area (Å²) in [4.78, 5) is 11.9. The lowest BCUT2D eigenvalue weighted by molar-refractivity contribution is 0.0954. The zero-order valence-electron chi connectivity index (χ0n) is 12.0. The molecule has 0 atom stereocenters. The number of nitrogens with one attached hydrogen (secondary N) is 1. The van der Waals surface area contributed by atoms with Crippen LogP contribution in [0.5, 0.6) is 17.2 Å². The maximum atomic E-state index is 11.9. The highest BCUT2D eigenvalue weighted by molar-refractivity contribution is 5.95. The molecule has 2 aromatic carbocycles. The van der Waals surface area contributed by atoms with Crippen LogP contribution in [0.4, 0.5) is 0 Å². The van der Waals surface area contributed by atoms with Gasteiger partial charge in [0.15, 0.2) is 0 Å². The van der Waals surface area contributed by atoms with Crippen molar-refractivity contribution in [2.24, 2.45) is 5.10 Å². The summed E-state index contributed by atoms with van der Waals surface area (Å²) in [6.45, 7) is 2.41. The fourth-order valence-electron chi connectivity index (χ4n) is 1.83. The fraction of sp³-hybridized carbons (Fsp3) is 0.125. The minimum absolute atomic E-state index is 0.104. The largest absolute Gasteiger partial charge is 0.508 e. The van der Waals surface area contributed by atoms with Gasteiger partial charge in [0.05, 0.1) is 12.8 Å². The first kappa shape index (κ1) is 15.4. The highest BCUT2D eigenvalue weighted by atomic mass is 16.5. The van der Waals surface area contributed by atoms with E-state index in [9.17, 15) is 15.0 Å². The zero-order valence-corrected chi connectivity index (χ0v) is 12.0. The average molecular weight is 300 g/mol. The van der Waals surface area contributed by atoms with Crippen LogP contribution in [0, 0.1) is 0 Å². The number of carbonyl (C=O) groups is 1. The number of hydrazone groups is 1. The first-order valence-electron chi connectivity index (χ1n) is 6.68. The summed E-state index contributed by atoms with van der Waals surface area (Å²) in [6.07, 6.45) is 1.46. The van der Waals surface area contributed by atoms with Crippen LogP contribution >= 0.6 is 0 Å². The van der Waals surface area contributed by atoms with Gasteiger partial charge >= 0.3 is 0 Å². The van der Waals surface area contributed by atoms with Crippen molar-refractivity contribution >= 4 is 12.1 Å². The Balaban J connectivity index is 2.07. The fourth-order valence-corrected chi connectivity index (χ4v) is 1.83. The maximum absolute atomic E-state index is 11.9. The summed E-state index contributed by atoms with van der Waals surface area (Å²) in [5.41, 5.74) is 3.15. The highest BCUT2D eigenvalue weighted by Crippen LogP contribution is 2.20. The minimum Gasteiger partial charge on any atom is -0.508 e. The van der Waals surface area contributed by atoms with E-state index >= 15 is 0 Å². The van der Waals surface area contributed by atoms with E-state index in [-0.39, 0.29) is 17.1 Å². The molecular weight excluding hydrogens is 284 g/mol. The lowest BCUT2D eigenvalue weighted by Crippen LogP contribution is -2.17. The molecular formula is C16H16N2O4. The van der Waals surface area contributed by atoms with E-state index in [0.29, 0.717) is 12.4 Å². The normalized spacial score (nSPS) is 10.6. The number of phenols is 2. The van der Waals surface area contributed by atoms with Gasteiger partial charge in [-0.2, -0.15) is 5.10 Å². The predicted molar refractivity (Wildman–Crippen MR) is 82.4 cm³/mol. The molecule has 6 heteroatoms. The molecule has 0 aromatic heterocycles. The lowest BCUT2D eigenvalue weighted by Gasteiger charge is -2.06. The number of amides is 1. The molecule has 0 fully saturated rings. The van der Waals surface area contributed by atoms with Gasteiger partial charge in [-0.3, -0.25) is 4.79 Å². The number of rotatable bonds is 5. The maximum Gasteiger partial charge on any atom is 0.271 e. The van der Waals surface area contributed by atoms with Crippen LogP contribution in [-0.4, -0.2) is 28.9 Å². The highest BCUT2D eigenvalue weighted by Gasteiger charge is 2.07. The first-order chi connectivity index (χ1) is 10.6. The van der Waals surface area contributed by atoms with Crippen molar-refractivity contribution in [2.75, 3.05) is 6.61 Å². The van der Waals surface area contributed by atoms with Gasteiger partial charge in [0.2, 0.25) is 0 Å². The quantitative estimate of drug-likeness (QED) is 0.583. The van der Waals surface area contributed by atoms with E-state index in [0.717, 1.165) is 11.6 Å². The monoisotopic (exact) mass is 300 g/mol. The summed E-state index contributed by atoms with van der Waals surface area (Å²) in [7, 11) is 0. The van der Waals surface area contributed by atoms with Crippen LogP contribution in [0.1, 0.15) is 22.8 Å². The Bertz CT molecular complexity index is 678. The molecule has 2 aromatic rings. The number of carbonyl (C=O) groups excluding carboxylic acids is 1. The zero-order chi connectivity index (χ0) is 15.9. The van der Waals surface area contributed by atoms with Gasteiger partial charge in [-0.25, -0.2) is 5.43 Å². The Labute approximate surface area is 127 Å². The van der Waals surface area contributed by atoms with Crippen molar-refractivity contribution in [3.63, 3.8) is 0 Å². The number of aromatic hydroxyl groups is 2. The van der Waals surface area contributed by atoms with E-state index < -0.39 is 5.91 Å². The molecule has 0 aliphatic carbocycles. The molecule has 0 saturated heterocycles. The SMILES string of the molecule is CCOc1ccccc1C=NNC(=O)c1cc(O)cc(O)c1. The Kier molecular flexibility index (Phi) is 4.98. The summed E-state index contributed by atoms with van der Waals surface area (Å²) in [6, 6.07) is 10.9. The van der Waals surface area contributed by atoms with Crippen molar-refractivity contribution in [3.05, 3.63) is 53.6 Å². The number of para-hydroxylation sites is 1. The van der Waals surface area contributed by atoms with Crippen molar-refractivity contribution in [1.29, 1.82) is 0 Å². The van der Waals surface area contributed by atoms with Gasteiger partial charge < -0.3 is 14.9 Å². The number of benzene rings is 2. The molecule has 22 heavy (non-hydrogen) atoms. The third kappa shape index (κ3) is 3.99. The van der Waals surface area contributed by atoms with Crippen LogP contribution < -0.4 is 10.2 Å². The van der Waals surface area contributed by atoms with E-state index in [1.807, 2.05) is 19.1 Å². The van der Waals surface area contributed by atoms with Gasteiger partial charge in [-0.15, -0.1) is 0 Å². The Morgan fingerprint density at radius 2 is 1.91 bits per heavy atom. The number of phenolic OH excluding ortho intramolecular Hbond substituents is 2. The second-order valence-electron chi connectivity index (χ2n) is 4.41. The van der Waals surface area contributed by atoms with Gasteiger partial charge in [0.1, 0.15) is 17.2 Å². The molecule has 3 N–H and O–H groups in total. The van der Waals surface area contributed by atoms with Crippen LogP contribution in [0.2, 0.25) is 0 Å². The smallest absolute Gasteiger partial charge is 0.271 e. The molecule has 0 radical (unpaired) electrons. The van der Waals surface area contributed by atoms with E-state index in [1.54, 1.807) is 12.1 Å². The molecule has 2 rings (SSSR count). The van der Waals surface area contributed by atoms with Gasteiger partial charge in [0.25, 0.3) is 5.91 Å². The van der Waals surface area contributed by atoms with Crippen LogP contribution in [-0.2, 0) is 0 Å². The topological polar surface area (TPSA) is 91.2 Å². The number of hydrogen-bond donors (Lipinski definition) is 3. The molecule has 0 aliphatic heterocycles. The van der Waals surface area contributed by atoms with Gasteiger partial charge in [0, 0.05) is 17.2 Å². The number of ether oxygens (including phenoxy) is 1. The van der Waals surface area contributed by atoms with Gasteiger partial charge in [-0.1, -0.05) is 12.1 Å². The van der Waals surface area contributed by atoms with E-state index in [4.69, 9.17) is 4.74 Å². The third-order valence-corrected chi connectivity index (χ3v) is 2.75. The second kappa shape index (κ2) is 7.12. The second-order valence-corrected chi connectivity index (χ2v) is 4.41. The van der Waals surface area contributed by atoms with Gasteiger partial charge in [-0.05, 0) is 31.2 Å². The molecule has 0 spiro atoms. The van der Waals surface area contributed by atoms with Crippen LogP contribution in [0.15, 0.2) is 47.6 Å². The molecule has 6 nitrogen and oxygen atoms in total. The van der Waals surface area contributed by atoms with E-state index in [2.05, 4.69) is 10.5 Å². The molecule has 0 bridgehead atoms. The van der Waals surface area contributed by atoms with Crippen molar-refractivity contribution in [1.82, 2.24) is 5.43 Å². The third-order valence-electron chi connectivity index (χ3n) is 2.75. The summed E-state index contributed by atoms with van der Waals surface area (Å²) in [5.74, 6) is -0.277. The predicted octanol–water partition coefficient (Wildman–Crippen LogP) is 2.26. The molecule has 0 aliphatic rings. The Morgan fingerprint density at radius 3 is 2.59 bits per heavy atom. The lowest BCUT2D eigenvalue weighted by atomic mass is 10.2. The van der Waals surface area contributed by atoms with Crippen molar-refractivity contribution in [2.45, 2.75) is 6.92 Å². The van der Waals surface area contributed by atoms with Crippen molar-refractivity contribution in [3.8, 4) is 17.2 Å².